The van der Waals surface area contributed by atoms with Crippen LogP contribution in [0.2, 0.25) is 0 Å². The van der Waals surface area contributed by atoms with Gasteiger partial charge < -0.3 is 10.0 Å². The zero-order valence-electron chi connectivity index (χ0n) is 11.7. The molecule has 2 heteroatoms. The zero-order chi connectivity index (χ0) is 13.1. The van der Waals surface area contributed by atoms with Gasteiger partial charge in [0.2, 0.25) is 0 Å². The molecule has 0 spiro atoms. The third kappa shape index (κ3) is 3.30. The van der Waals surface area contributed by atoms with Gasteiger partial charge >= 0.3 is 0 Å². The lowest BCUT2D eigenvalue weighted by molar-refractivity contribution is -0.0292. The van der Waals surface area contributed by atoms with Gasteiger partial charge in [-0.15, -0.1) is 0 Å². The topological polar surface area (TPSA) is 23.5 Å². The smallest absolute Gasteiger partial charge is 0.0931 e. The molecule has 0 aliphatic rings. The van der Waals surface area contributed by atoms with Crippen LogP contribution in [0.4, 0.5) is 0 Å². The van der Waals surface area contributed by atoms with Crippen molar-refractivity contribution in [3.63, 3.8) is 0 Å². The molecule has 96 valence electrons. The molecule has 0 saturated carbocycles. The zero-order valence-corrected chi connectivity index (χ0v) is 11.7. The van der Waals surface area contributed by atoms with Gasteiger partial charge in [-0.25, -0.2) is 0 Å². The first-order chi connectivity index (χ1) is 7.90. The Labute approximate surface area is 105 Å². The van der Waals surface area contributed by atoms with Crippen LogP contribution in [0.25, 0.3) is 0 Å². The van der Waals surface area contributed by atoms with Crippen molar-refractivity contribution >= 4 is 0 Å². The number of aryl methyl sites for hydroxylation is 1. The molecule has 1 N–H and O–H groups in total. The van der Waals surface area contributed by atoms with Crippen molar-refractivity contribution in [1.29, 1.82) is 0 Å². The van der Waals surface area contributed by atoms with Gasteiger partial charge in [0.25, 0.3) is 0 Å². The molecule has 0 heterocycles. The summed E-state index contributed by atoms with van der Waals surface area (Å²) in [6.45, 7) is 7.12. The summed E-state index contributed by atoms with van der Waals surface area (Å²) in [5.74, 6) is 0.212. The van der Waals surface area contributed by atoms with Crippen LogP contribution in [-0.2, 0) is 5.60 Å². The second-order valence-electron chi connectivity index (χ2n) is 5.31. The van der Waals surface area contributed by atoms with Gasteiger partial charge in [0.15, 0.2) is 0 Å². The average molecular weight is 235 g/mol. The van der Waals surface area contributed by atoms with Gasteiger partial charge in [0.05, 0.1) is 5.60 Å². The molecule has 0 fully saturated rings. The molecule has 0 saturated heterocycles. The van der Waals surface area contributed by atoms with E-state index in [4.69, 9.17) is 0 Å². The number of hydrogen-bond acceptors (Lipinski definition) is 2. The Kier molecular flexibility index (Phi) is 4.72. The number of nitrogens with zero attached hydrogens (tertiary/aromatic N) is 1. The van der Waals surface area contributed by atoms with Crippen molar-refractivity contribution in [2.24, 2.45) is 5.92 Å². The number of hydrogen-bond donors (Lipinski definition) is 1. The van der Waals surface area contributed by atoms with Crippen molar-refractivity contribution in [3.8, 4) is 0 Å². The largest absolute Gasteiger partial charge is 0.385 e. The van der Waals surface area contributed by atoms with E-state index in [2.05, 4.69) is 37.8 Å². The molecule has 0 aliphatic carbocycles. The van der Waals surface area contributed by atoms with Gasteiger partial charge in [0.1, 0.15) is 0 Å². The molecule has 1 aromatic rings. The standard InChI is InChI=1S/C15H25NO/c1-6-15(17,13(3)11-16(4)5)14-9-7-8-12(2)10-14/h7-10,13,17H,6,11H2,1-5H3/t13-,15-/m1/s1. The number of rotatable bonds is 5. The van der Waals surface area contributed by atoms with Crippen molar-refractivity contribution < 1.29 is 5.11 Å². The monoisotopic (exact) mass is 235 g/mol. The van der Waals surface area contributed by atoms with E-state index in [1.54, 1.807) is 0 Å². The first-order valence-corrected chi connectivity index (χ1v) is 6.34. The summed E-state index contributed by atoms with van der Waals surface area (Å²) in [7, 11) is 4.09. The third-order valence-corrected chi connectivity index (χ3v) is 3.51. The molecule has 0 radical (unpaired) electrons. The molecule has 0 amide bonds. The van der Waals surface area contributed by atoms with Gasteiger partial charge in [-0.05, 0) is 33.0 Å². The molecule has 1 aromatic carbocycles. The van der Waals surface area contributed by atoms with Crippen molar-refractivity contribution in [1.82, 2.24) is 4.90 Å². The summed E-state index contributed by atoms with van der Waals surface area (Å²) in [5, 5.41) is 10.9. The predicted octanol–water partition coefficient (Wildman–Crippen LogP) is 2.79. The Hall–Kier alpha value is -0.860. The van der Waals surface area contributed by atoms with Crippen LogP contribution >= 0.6 is 0 Å². The van der Waals surface area contributed by atoms with Crippen molar-refractivity contribution in [2.45, 2.75) is 32.8 Å². The Bertz CT molecular complexity index is 362. The summed E-state index contributed by atoms with van der Waals surface area (Å²) in [6.07, 6.45) is 0.742. The van der Waals surface area contributed by atoms with E-state index in [1.165, 1.54) is 5.56 Å². The molecular formula is C15H25NO. The molecule has 0 bridgehead atoms. The Morgan fingerprint density at radius 1 is 1.35 bits per heavy atom. The SMILES string of the molecule is CC[C@](O)(c1cccc(C)c1)[C@H](C)CN(C)C. The minimum atomic E-state index is -0.726. The number of aliphatic hydroxyl groups is 1. The van der Waals surface area contributed by atoms with Gasteiger partial charge in [-0.2, -0.15) is 0 Å². The van der Waals surface area contributed by atoms with E-state index in [-0.39, 0.29) is 5.92 Å². The fourth-order valence-corrected chi connectivity index (χ4v) is 2.45. The molecule has 1 rings (SSSR count). The molecule has 0 aromatic heterocycles. The maximum Gasteiger partial charge on any atom is 0.0931 e. The highest BCUT2D eigenvalue weighted by molar-refractivity contribution is 5.28. The highest BCUT2D eigenvalue weighted by Crippen LogP contribution is 2.33. The second-order valence-corrected chi connectivity index (χ2v) is 5.31. The van der Waals surface area contributed by atoms with E-state index in [1.807, 2.05) is 26.2 Å². The van der Waals surface area contributed by atoms with E-state index < -0.39 is 5.60 Å². The van der Waals surface area contributed by atoms with E-state index >= 15 is 0 Å². The molecule has 17 heavy (non-hydrogen) atoms. The lowest BCUT2D eigenvalue weighted by Gasteiger charge is -2.35. The van der Waals surface area contributed by atoms with Crippen LogP contribution in [0.3, 0.4) is 0 Å². The first kappa shape index (κ1) is 14.2. The Balaban J connectivity index is 3.02. The highest BCUT2D eigenvalue weighted by Gasteiger charge is 2.33. The fourth-order valence-electron chi connectivity index (χ4n) is 2.45. The predicted molar refractivity (Wildman–Crippen MR) is 73.1 cm³/mol. The van der Waals surface area contributed by atoms with Crippen LogP contribution in [0.5, 0.6) is 0 Å². The van der Waals surface area contributed by atoms with Gasteiger partial charge in [0, 0.05) is 12.5 Å². The van der Waals surface area contributed by atoms with Crippen molar-refractivity contribution in [3.05, 3.63) is 35.4 Å². The van der Waals surface area contributed by atoms with Crippen LogP contribution < -0.4 is 0 Å². The van der Waals surface area contributed by atoms with Crippen LogP contribution in [0, 0.1) is 12.8 Å². The van der Waals surface area contributed by atoms with Crippen LogP contribution in [0.1, 0.15) is 31.4 Å². The third-order valence-electron chi connectivity index (χ3n) is 3.51. The summed E-state index contributed by atoms with van der Waals surface area (Å²) >= 11 is 0. The highest BCUT2D eigenvalue weighted by atomic mass is 16.3. The minimum absolute atomic E-state index is 0.212. The van der Waals surface area contributed by atoms with Crippen LogP contribution in [-0.4, -0.2) is 30.6 Å². The van der Waals surface area contributed by atoms with Gasteiger partial charge in [-0.3, -0.25) is 0 Å². The van der Waals surface area contributed by atoms with E-state index in [9.17, 15) is 5.11 Å². The maximum atomic E-state index is 10.9. The molecule has 2 nitrogen and oxygen atoms in total. The van der Waals surface area contributed by atoms with E-state index in [0.29, 0.717) is 0 Å². The first-order valence-electron chi connectivity index (χ1n) is 6.34. The summed E-state index contributed by atoms with van der Waals surface area (Å²) in [4.78, 5) is 2.13. The minimum Gasteiger partial charge on any atom is -0.385 e. The maximum absolute atomic E-state index is 10.9. The molecule has 0 unspecified atom stereocenters. The summed E-state index contributed by atoms with van der Waals surface area (Å²) in [6, 6.07) is 8.21. The second kappa shape index (κ2) is 5.65. The van der Waals surface area contributed by atoms with Gasteiger partial charge in [-0.1, -0.05) is 43.7 Å². The molecule has 2 atom stereocenters. The summed E-state index contributed by atoms with van der Waals surface area (Å²) < 4.78 is 0. The Morgan fingerprint density at radius 2 is 2.00 bits per heavy atom. The van der Waals surface area contributed by atoms with E-state index in [0.717, 1.165) is 18.5 Å². The molecule has 0 aliphatic heterocycles. The Morgan fingerprint density at radius 3 is 2.47 bits per heavy atom. The molecular weight excluding hydrogens is 210 g/mol. The lowest BCUT2D eigenvalue weighted by Crippen LogP contribution is -2.38. The normalized spacial score (nSPS) is 16.9. The average Bonchev–Trinajstić information content (AvgIpc) is 2.27. The lowest BCUT2D eigenvalue weighted by atomic mass is 9.79. The van der Waals surface area contributed by atoms with Crippen molar-refractivity contribution in [2.75, 3.05) is 20.6 Å². The quantitative estimate of drug-likeness (QED) is 0.848. The van der Waals surface area contributed by atoms with Crippen LogP contribution in [0.15, 0.2) is 24.3 Å². The number of benzene rings is 1. The fraction of sp³-hybridized carbons (Fsp3) is 0.600. The summed E-state index contributed by atoms with van der Waals surface area (Å²) in [5.41, 5.74) is 1.51.